The van der Waals surface area contributed by atoms with Gasteiger partial charge in [-0.3, -0.25) is 19.7 Å². The van der Waals surface area contributed by atoms with Gasteiger partial charge in [-0.15, -0.1) is 0 Å². The maximum Gasteiger partial charge on any atom is 0.324 e. The summed E-state index contributed by atoms with van der Waals surface area (Å²) in [7, 11) is 2.97. The Kier molecular flexibility index (Phi) is 5.75. The first-order chi connectivity index (χ1) is 15.8. The fourth-order valence-electron chi connectivity index (χ4n) is 5.10. The first-order valence-electron chi connectivity index (χ1n) is 10.7. The lowest BCUT2D eigenvalue weighted by molar-refractivity contribution is -0.149. The molecule has 3 N–H and O–H groups in total. The molecule has 4 atom stereocenters. The number of benzene rings is 2. The van der Waals surface area contributed by atoms with Gasteiger partial charge >= 0.3 is 5.97 Å². The average Bonchev–Trinajstić information content (AvgIpc) is 3.28. The highest BCUT2D eigenvalue weighted by atomic mass is 16.5. The smallest absolute Gasteiger partial charge is 0.324 e. The van der Waals surface area contributed by atoms with Crippen LogP contribution in [0.5, 0.6) is 17.2 Å². The number of carboxylic acid groups (broad SMARTS) is 1. The van der Waals surface area contributed by atoms with E-state index in [0.29, 0.717) is 29.2 Å². The monoisotopic (exact) mass is 454 g/mol. The average molecular weight is 454 g/mol. The van der Waals surface area contributed by atoms with Crippen molar-refractivity contribution in [2.75, 3.05) is 19.1 Å². The predicted molar refractivity (Wildman–Crippen MR) is 118 cm³/mol. The summed E-state index contributed by atoms with van der Waals surface area (Å²) in [5.74, 6) is -3.59. The number of rotatable bonds is 7. The Morgan fingerprint density at radius 2 is 1.70 bits per heavy atom. The maximum atomic E-state index is 13.6. The first kappa shape index (κ1) is 22.6. The number of imide groups is 1. The van der Waals surface area contributed by atoms with E-state index in [2.05, 4.69) is 5.32 Å². The fourth-order valence-corrected chi connectivity index (χ4v) is 5.10. The van der Waals surface area contributed by atoms with E-state index in [1.807, 2.05) is 6.92 Å². The van der Waals surface area contributed by atoms with Gasteiger partial charge in [-0.25, -0.2) is 4.90 Å². The molecule has 174 valence electrons. The van der Waals surface area contributed by atoms with E-state index in [1.165, 1.54) is 20.3 Å². The topological polar surface area (TPSA) is 125 Å². The third-order valence-corrected chi connectivity index (χ3v) is 6.58. The van der Waals surface area contributed by atoms with Crippen LogP contribution in [0.3, 0.4) is 0 Å². The molecule has 0 bridgehead atoms. The van der Waals surface area contributed by atoms with Gasteiger partial charge < -0.3 is 19.7 Å². The molecule has 0 aromatic heterocycles. The van der Waals surface area contributed by atoms with Crippen LogP contribution >= 0.6 is 0 Å². The van der Waals surface area contributed by atoms with Gasteiger partial charge in [0.1, 0.15) is 22.8 Å². The molecule has 2 aliphatic heterocycles. The summed E-state index contributed by atoms with van der Waals surface area (Å²) in [6.45, 7) is 1.82. The van der Waals surface area contributed by atoms with Crippen molar-refractivity contribution in [2.45, 2.75) is 31.3 Å². The van der Waals surface area contributed by atoms with Crippen LogP contribution in [0, 0.1) is 11.8 Å². The predicted octanol–water partition coefficient (Wildman–Crippen LogP) is 2.48. The number of phenols is 1. The number of aliphatic carboxylic acids is 1. The molecule has 33 heavy (non-hydrogen) atoms. The van der Waals surface area contributed by atoms with E-state index in [9.17, 15) is 24.6 Å². The number of nitrogens with zero attached hydrogens (tertiary/aromatic N) is 1. The lowest BCUT2D eigenvalue weighted by Crippen LogP contribution is -2.55. The minimum atomic E-state index is -1.65. The van der Waals surface area contributed by atoms with Crippen molar-refractivity contribution in [1.29, 1.82) is 0 Å². The lowest BCUT2D eigenvalue weighted by Gasteiger charge is -2.31. The Labute approximate surface area is 190 Å². The second kappa shape index (κ2) is 8.40. The largest absolute Gasteiger partial charge is 0.507 e. The molecule has 2 aliphatic rings. The van der Waals surface area contributed by atoms with Crippen molar-refractivity contribution in [3.63, 3.8) is 0 Å². The summed E-state index contributed by atoms with van der Waals surface area (Å²) in [5.41, 5.74) is -0.971. The number of amides is 2. The van der Waals surface area contributed by atoms with Crippen LogP contribution in [0.4, 0.5) is 5.69 Å². The zero-order valence-electron chi connectivity index (χ0n) is 18.6. The number of hydrogen-bond acceptors (Lipinski definition) is 7. The molecule has 4 rings (SSSR count). The first-order valence-corrected chi connectivity index (χ1v) is 10.7. The Morgan fingerprint density at radius 3 is 2.24 bits per heavy atom. The molecule has 2 fully saturated rings. The molecular formula is C24H26N2O7. The summed E-state index contributed by atoms with van der Waals surface area (Å²) in [5, 5.41) is 24.0. The second-order valence-electron chi connectivity index (χ2n) is 8.29. The number of methoxy groups -OCH3 is 2. The number of anilines is 1. The van der Waals surface area contributed by atoms with Crippen LogP contribution in [0.25, 0.3) is 0 Å². The highest BCUT2D eigenvalue weighted by Gasteiger charge is 2.68. The number of fused-ring (bicyclic) bond motifs is 1. The zero-order chi connectivity index (χ0) is 23.9. The minimum absolute atomic E-state index is 0.145. The van der Waals surface area contributed by atoms with Crippen molar-refractivity contribution in [3.8, 4) is 17.2 Å². The highest BCUT2D eigenvalue weighted by Crippen LogP contribution is 2.52. The molecule has 2 aromatic carbocycles. The van der Waals surface area contributed by atoms with Crippen molar-refractivity contribution < 1.29 is 34.1 Å². The van der Waals surface area contributed by atoms with Gasteiger partial charge in [0.25, 0.3) is 0 Å². The second-order valence-corrected chi connectivity index (χ2v) is 8.29. The van der Waals surface area contributed by atoms with E-state index in [-0.39, 0.29) is 12.2 Å². The van der Waals surface area contributed by atoms with Gasteiger partial charge in [-0.2, -0.15) is 0 Å². The Balaban J connectivity index is 1.84. The van der Waals surface area contributed by atoms with Crippen LogP contribution in [0.2, 0.25) is 0 Å². The molecule has 2 amide bonds. The Hall–Kier alpha value is -3.59. The normalized spacial score (nSPS) is 26.4. The van der Waals surface area contributed by atoms with Crippen LogP contribution in [-0.2, 0) is 14.4 Å². The standard InChI is InChI=1S/C24H26N2O7/c1-4-11-24(23(30)31)19-18(20(25-24)16-10-9-15(33-3)12-17(16)27)21(28)26(22(19)29)13-5-7-14(32-2)8-6-13/h5-10,12,18-20,25,27H,4,11H2,1-3H3,(H,30,31)/t18-,19+,20-,24+/m1/s1. The van der Waals surface area contributed by atoms with Gasteiger partial charge in [0.2, 0.25) is 11.8 Å². The summed E-state index contributed by atoms with van der Waals surface area (Å²) >= 11 is 0. The number of hydrogen-bond donors (Lipinski definition) is 3. The van der Waals surface area contributed by atoms with Gasteiger partial charge in [0, 0.05) is 17.7 Å². The van der Waals surface area contributed by atoms with E-state index >= 15 is 0 Å². The molecule has 2 heterocycles. The van der Waals surface area contributed by atoms with E-state index in [4.69, 9.17) is 9.47 Å². The van der Waals surface area contributed by atoms with Gasteiger partial charge in [0.05, 0.1) is 31.7 Å². The number of nitrogens with one attached hydrogen (secondary N) is 1. The van der Waals surface area contributed by atoms with Crippen LogP contribution in [0.1, 0.15) is 31.4 Å². The minimum Gasteiger partial charge on any atom is -0.507 e. The molecule has 0 saturated carbocycles. The number of ether oxygens (including phenoxy) is 2. The summed E-state index contributed by atoms with van der Waals surface area (Å²) in [6.07, 6.45) is 0.625. The van der Waals surface area contributed by atoms with Crippen molar-refractivity contribution in [3.05, 3.63) is 48.0 Å². The third-order valence-electron chi connectivity index (χ3n) is 6.58. The summed E-state index contributed by atoms with van der Waals surface area (Å²) < 4.78 is 10.3. The van der Waals surface area contributed by atoms with Crippen LogP contribution in [0.15, 0.2) is 42.5 Å². The molecule has 0 spiro atoms. The van der Waals surface area contributed by atoms with Crippen molar-refractivity contribution >= 4 is 23.5 Å². The fraction of sp³-hybridized carbons (Fsp3) is 0.375. The maximum absolute atomic E-state index is 13.6. The molecule has 0 unspecified atom stereocenters. The van der Waals surface area contributed by atoms with Crippen LogP contribution in [-0.4, -0.2) is 47.8 Å². The van der Waals surface area contributed by atoms with E-state index in [0.717, 1.165) is 4.90 Å². The molecule has 9 heteroatoms. The molecule has 2 aromatic rings. The van der Waals surface area contributed by atoms with Gasteiger partial charge in [0.15, 0.2) is 0 Å². The third kappa shape index (κ3) is 3.39. The lowest BCUT2D eigenvalue weighted by atomic mass is 9.77. The summed E-state index contributed by atoms with van der Waals surface area (Å²) in [6, 6.07) is 10.2. The number of aromatic hydroxyl groups is 1. The Bertz CT molecular complexity index is 1100. The van der Waals surface area contributed by atoms with Gasteiger partial charge in [-0.05, 0) is 36.8 Å². The zero-order valence-corrected chi connectivity index (χ0v) is 18.6. The molecule has 0 radical (unpaired) electrons. The van der Waals surface area contributed by atoms with Gasteiger partial charge in [-0.1, -0.05) is 19.4 Å². The SMILES string of the molecule is CCC[C@]1(C(=O)O)N[C@H](c2ccc(OC)cc2O)[C@@H]2C(=O)N(c3ccc(OC)cc3)C(=O)[C@H]21. The van der Waals surface area contributed by atoms with E-state index < -0.39 is 41.2 Å². The van der Waals surface area contributed by atoms with Crippen molar-refractivity contribution in [2.24, 2.45) is 11.8 Å². The molecule has 9 nitrogen and oxygen atoms in total. The summed E-state index contributed by atoms with van der Waals surface area (Å²) in [4.78, 5) is 40.8. The highest BCUT2D eigenvalue weighted by molar-refractivity contribution is 6.24. The molecule has 0 aliphatic carbocycles. The van der Waals surface area contributed by atoms with Crippen molar-refractivity contribution in [1.82, 2.24) is 5.32 Å². The number of carbonyl (C=O) groups is 3. The number of phenolic OH excluding ortho intramolecular Hbond substituents is 1. The Morgan fingerprint density at radius 1 is 1.06 bits per heavy atom. The molecule has 2 saturated heterocycles. The number of carboxylic acids is 1. The number of carbonyl (C=O) groups excluding carboxylic acids is 2. The van der Waals surface area contributed by atoms with E-state index in [1.54, 1.807) is 36.4 Å². The van der Waals surface area contributed by atoms with Crippen LogP contribution < -0.4 is 19.7 Å². The quantitative estimate of drug-likeness (QED) is 0.545. The molecular weight excluding hydrogens is 428 g/mol.